The van der Waals surface area contributed by atoms with Gasteiger partial charge in [-0.25, -0.2) is 0 Å². The first-order valence-electron chi connectivity index (χ1n) is 20.6. The highest BCUT2D eigenvalue weighted by Gasteiger charge is 2.35. The Morgan fingerprint density at radius 3 is 1.98 bits per heavy atom. The average Bonchev–Trinajstić information content (AvgIpc) is 3.72. The Hall–Kier alpha value is -6.90. The monoisotopic (exact) mass is 744 g/mol. The zero-order valence-electron chi connectivity index (χ0n) is 33.2. The SMILES string of the molecule is CC1C=C(n2c3ccccc3c3cc(-c4ccc5cc(N(c6ccccc6)c6ccc(-c7ccc8c(c7)C(C)(C)c7ccccc7-8)cc6)ccc5c4)ccc32)C=CC1. The number of rotatable bonds is 6. The summed E-state index contributed by atoms with van der Waals surface area (Å²) in [5, 5.41) is 5.00. The minimum atomic E-state index is -0.0263. The van der Waals surface area contributed by atoms with Gasteiger partial charge < -0.3 is 9.47 Å². The van der Waals surface area contributed by atoms with Crippen LogP contribution < -0.4 is 4.90 Å². The van der Waals surface area contributed by atoms with E-state index < -0.39 is 0 Å². The van der Waals surface area contributed by atoms with Crippen LogP contribution in [0, 0.1) is 5.92 Å². The first-order chi connectivity index (χ1) is 28.4. The molecule has 0 saturated carbocycles. The van der Waals surface area contributed by atoms with Gasteiger partial charge in [0.2, 0.25) is 0 Å². The summed E-state index contributed by atoms with van der Waals surface area (Å²) < 4.78 is 2.43. The van der Waals surface area contributed by atoms with Crippen molar-refractivity contribution in [1.82, 2.24) is 4.57 Å². The molecule has 8 aromatic carbocycles. The average molecular weight is 745 g/mol. The van der Waals surface area contributed by atoms with Crippen molar-refractivity contribution >= 4 is 55.3 Å². The van der Waals surface area contributed by atoms with E-state index in [9.17, 15) is 0 Å². The van der Waals surface area contributed by atoms with E-state index in [2.05, 4.69) is 224 Å². The number of para-hydroxylation sites is 2. The maximum absolute atomic E-state index is 2.43. The number of aromatic nitrogens is 1. The molecular formula is C56H44N2. The summed E-state index contributed by atoms with van der Waals surface area (Å²) in [7, 11) is 0. The molecule has 0 fully saturated rings. The molecule has 0 amide bonds. The van der Waals surface area contributed by atoms with Gasteiger partial charge in [-0.2, -0.15) is 0 Å². The number of benzene rings is 8. The number of nitrogens with zero attached hydrogens (tertiary/aromatic N) is 2. The number of hydrogen-bond acceptors (Lipinski definition) is 1. The van der Waals surface area contributed by atoms with Crippen LogP contribution in [0.3, 0.4) is 0 Å². The summed E-state index contributed by atoms with van der Waals surface area (Å²) in [5.74, 6) is 0.530. The Balaban J connectivity index is 0.934. The van der Waals surface area contributed by atoms with Gasteiger partial charge in [-0.05, 0) is 140 Å². The molecule has 11 rings (SSSR count). The molecule has 9 aromatic rings. The molecule has 2 aliphatic rings. The van der Waals surface area contributed by atoms with Gasteiger partial charge >= 0.3 is 0 Å². The number of fused-ring (bicyclic) bond motifs is 7. The van der Waals surface area contributed by atoms with Crippen LogP contribution in [-0.2, 0) is 5.41 Å². The van der Waals surface area contributed by atoms with E-state index in [0.29, 0.717) is 5.92 Å². The lowest BCUT2D eigenvalue weighted by Gasteiger charge is -2.26. The van der Waals surface area contributed by atoms with E-state index in [1.54, 1.807) is 0 Å². The molecule has 0 bridgehead atoms. The first kappa shape index (κ1) is 34.4. The molecule has 1 aromatic heterocycles. The summed E-state index contributed by atoms with van der Waals surface area (Å²) in [4.78, 5) is 2.36. The van der Waals surface area contributed by atoms with Crippen molar-refractivity contribution in [1.29, 1.82) is 0 Å². The van der Waals surface area contributed by atoms with Crippen LogP contribution in [0.15, 0.2) is 194 Å². The van der Waals surface area contributed by atoms with Crippen molar-refractivity contribution in [3.63, 3.8) is 0 Å². The van der Waals surface area contributed by atoms with Crippen LogP contribution in [0.5, 0.6) is 0 Å². The van der Waals surface area contributed by atoms with E-state index in [-0.39, 0.29) is 5.41 Å². The van der Waals surface area contributed by atoms with E-state index in [4.69, 9.17) is 0 Å². The molecule has 2 heteroatoms. The molecular weight excluding hydrogens is 701 g/mol. The van der Waals surface area contributed by atoms with Gasteiger partial charge in [-0.15, -0.1) is 0 Å². The number of anilines is 3. The second kappa shape index (κ2) is 13.4. The molecule has 2 nitrogen and oxygen atoms in total. The van der Waals surface area contributed by atoms with Crippen molar-refractivity contribution in [2.75, 3.05) is 4.90 Å². The lowest BCUT2D eigenvalue weighted by atomic mass is 9.81. The van der Waals surface area contributed by atoms with E-state index >= 15 is 0 Å². The van der Waals surface area contributed by atoms with E-state index in [1.165, 1.54) is 82.8 Å². The van der Waals surface area contributed by atoms with Gasteiger partial charge in [0.25, 0.3) is 0 Å². The van der Waals surface area contributed by atoms with Gasteiger partial charge in [-0.1, -0.05) is 142 Å². The fourth-order valence-corrected chi connectivity index (χ4v) is 9.66. The third-order valence-corrected chi connectivity index (χ3v) is 12.7. The molecule has 0 N–H and O–H groups in total. The first-order valence-corrected chi connectivity index (χ1v) is 20.6. The largest absolute Gasteiger partial charge is 0.310 e. The summed E-state index contributed by atoms with van der Waals surface area (Å²) >= 11 is 0. The molecule has 278 valence electrons. The van der Waals surface area contributed by atoms with Crippen molar-refractivity contribution < 1.29 is 0 Å². The highest BCUT2D eigenvalue weighted by molar-refractivity contribution is 6.11. The minimum absolute atomic E-state index is 0.0263. The summed E-state index contributed by atoms with van der Waals surface area (Å²) in [6.45, 7) is 6.99. The quantitative estimate of drug-likeness (QED) is 0.165. The summed E-state index contributed by atoms with van der Waals surface area (Å²) in [6.07, 6.45) is 8.08. The lowest BCUT2D eigenvalue weighted by Crippen LogP contribution is -2.14. The maximum atomic E-state index is 2.43. The van der Waals surface area contributed by atoms with Gasteiger partial charge in [0, 0.05) is 38.9 Å². The highest BCUT2D eigenvalue weighted by atomic mass is 15.1. The third-order valence-electron chi connectivity index (χ3n) is 12.7. The second-order valence-electron chi connectivity index (χ2n) is 16.7. The Morgan fingerprint density at radius 2 is 1.12 bits per heavy atom. The number of hydrogen-bond donors (Lipinski definition) is 0. The fraction of sp³-hybridized carbons (Fsp3) is 0.107. The molecule has 1 atom stereocenters. The predicted octanol–water partition coefficient (Wildman–Crippen LogP) is 15.5. The molecule has 58 heavy (non-hydrogen) atoms. The van der Waals surface area contributed by atoms with Gasteiger partial charge in [-0.3, -0.25) is 0 Å². The highest BCUT2D eigenvalue weighted by Crippen LogP contribution is 2.50. The third kappa shape index (κ3) is 5.55. The Labute approximate surface area is 340 Å². The van der Waals surface area contributed by atoms with Crippen molar-refractivity contribution in [3.05, 3.63) is 205 Å². The molecule has 2 aliphatic carbocycles. The zero-order chi connectivity index (χ0) is 39.0. The summed E-state index contributed by atoms with van der Waals surface area (Å²) in [6, 6.07) is 65.1. The van der Waals surface area contributed by atoms with Crippen LogP contribution >= 0.6 is 0 Å². The molecule has 0 aliphatic heterocycles. The molecule has 0 radical (unpaired) electrons. The topological polar surface area (TPSA) is 8.17 Å². The summed E-state index contributed by atoms with van der Waals surface area (Å²) in [5.41, 5.74) is 17.5. The number of allylic oxidation sites excluding steroid dienone is 4. The Kier molecular flexibility index (Phi) is 7.91. The lowest BCUT2D eigenvalue weighted by molar-refractivity contribution is 0.660. The second-order valence-corrected chi connectivity index (χ2v) is 16.7. The van der Waals surface area contributed by atoms with Crippen LogP contribution in [-0.4, -0.2) is 4.57 Å². The molecule has 0 saturated heterocycles. The van der Waals surface area contributed by atoms with Crippen LogP contribution in [0.2, 0.25) is 0 Å². The molecule has 0 spiro atoms. The van der Waals surface area contributed by atoms with E-state index in [1.807, 2.05) is 0 Å². The molecule has 1 unspecified atom stereocenters. The fourth-order valence-electron chi connectivity index (χ4n) is 9.66. The Morgan fingerprint density at radius 1 is 0.500 bits per heavy atom. The van der Waals surface area contributed by atoms with Crippen LogP contribution in [0.25, 0.3) is 71.7 Å². The van der Waals surface area contributed by atoms with Crippen molar-refractivity contribution in [3.8, 4) is 33.4 Å². The van der Waals surface area contributed by atoms with Crippen LogP contribution in [0.1, 0.15) is 38.3 Å². The minimum Gasteiger partial charge on any atom is -0.310 e. The van der Waals surface area contributed by atoms with Crippen LogP contribution in [0.4, 0.5) is 17.1 Å². The standard InChI is InChI=1S/C56H44N2/c1-37-12-11-15-46(32-37)58-54-19-10-8-17-50(54)51-35-42(26-31-55(51)58)39-20-21-41-34-47(29-24-40(41)33-39)57(44-13-5-4-6-14-44)45-27-22-38(23-28-45)43-25-30-49-48-16-7-9-18-52(48)56(2,3)53(49)36-43/h4-11,13-37H,12H2,1-3H3. The predicted molar refractivity (Wildman–Crippen MR) is 247 cm³/mol. The Bertz CT molecular complexity index is 3120. The maximum Gasteiger partial charge on any atom is 0.0541 e. The van der Waals surface area contributed by atoms with Gasteiger partial charge in [0.1, 0.15) is 0 Å². The zero-order valence-corrected chi connectivity index (χ0v) is 33.2. The van der Waals surface area contributed by atoms with Crippen molar-refractivity contribution in [2.24, 2.45) is 5.92 Å². The van der Waals surface area contributed by atoms with E-state index in [0.717, 1.165) is 23.5 Å². The van der Waals surface area contributed by atoms with Gasteiger partial charge in [0.15, 0.2) is 0 Å². The van der Waals surface area contributed by atoms with Crippen molar-refractivity contribution in [2.45, 2.75) is 32.6 Å². The smallest absolute Gasteiger partial charge is 0.0541 e. The molecule has 1 heterocycles. The van der Waals surface area contributed by atoms with Gasteiger partial charge in [0.05, 0.1) is 11.0 Å². The normalized spacial score (nSPS) is 15.4.